The first-order valence-electron chi connectivity index (χ1n) is 7.00. The van der Waals surface area contributed by atoms with Crippen molar-refractivity contribution in [3.05, 3.63) is 15.8 Å². The minimum absolute atomic E-state index is 0.0599. The Balaban J connectivity index is 3.38. The van der Waals surface area contributed by atoms with Crippen LogP contribution in [0.1, 0.15) is 33.4 Å². The number of aromatic nitrogens is 2. The van der Waals surface area contributed by atoms with E-state index in [1.807, 2.05) is 4.90 Å². The van der Waals surface area contributed by atoms with E-state index >= 15 is 0 Å². The molecular weight excluding hydrogens is 272 g/mol. The summed E-state index contributed by atoms with van der Waals surface area (Å²) in [7, 11) is 0. The number of nitrogens with zero attached hydrogens (tertiary/aromatic N) is 4. The number of hydrogen-bond acceptors (Lipinski definition) is 7. The van der Waals surface area contributed by atoms with Crippen LogP contribution in [0.4, 0.5) is 17.5 Å². The molecule has 1 aromatic rings. The van der Waals surface area contributed by atoms with Crippen molar-refractivity contribution in [3.63, 3.8) is 0 Å². The van der Waals surface area contributed by atoms with E-state index in [1.54, 1.807) is 6.92 Å². The van der Waals surface area contributed by atoms with Crippen molar-refractivity contribution in [2.75, 3.05) is 23.4 Å². The summed E-state index contributed by atoms with van der Waals surface area (Å²) in [5.41, 5.74) is 2.61. The predicted molar refractivity (Wildman–Crippen MR) is 83.1 cm³/mol. The molecule has 21 heavy (non-hydrogen) atoms. The minimum atomic E-state index is -0.432. The zero-order valence-electron chi connectivity index (χ0n) is 13.3. The van der Waals surface area contributed by atoms with Crippen LogP contribution in [0.5, 0.6) is 0 Å². The summed E-state index contributed by atoms with van der Waals surface area (Å²) in [5, 5.41) is 11.4. The van der Waals surface area contributed by atoms with E-state index in [-0.39, 0.29) is 11.6 Å². The lowest BCUT2D eigenvalue weighted by Crippen LogP contribution is -2.33. The molecule has 0 spiro atoms. The molecule has 0 amide bonds. The fourth-order valence-electron chi connectivity index (χ4n) is 2.18. The van der Waals surface area contributed by atoms with Gasteiger partial charge in [0.15, 0.2) is 0 Å². The van der Waals surface area contributed by atoms with Gasteiger partial charge in [0.1, 0.15) is 5.69 Å². The molecule has 0 aliphatic carbocycles. The maximum Gasteiger partial charge on any atom is 0.332 e. The number of nitrogens with one attached hydrogen (secondary N) is 1. The predicted octanol–water partition coefficient (Wildman–Crippen LogP) is 2.10. The van der Waals surface area contributed by atoms with E-state index in [1.165, 1.54) is 0 Å². The Labute approximate surface area is 124 Å². The fourth-order valence-corrected chi connectivity index (χ4v) is 2.18. The van der Waals surface area contributed by atoms with Crippen molar-refractivity contribution in [1.82, 2.24) is 9.97 Å². The number of aryl methyl sites for hydroxylation is 1. The first-order valence-corrected chi connectivity index (χ1v) is 7.00. The normalized spacial score (nSPS) is 11.0. The lowest BCUT2D eigenvalue weighted by molar-refractivity contribution is -0.385. The van der Waals surface area contributed by atoms with Gasteiger partial charge in [-0.05, 0) is 18.8 Å². The molecule has 3 N–H and O–H groups in total. The SMILES string of the molecule is Cc1nc(NN)nc(N(CC(C)C)CC(C)C)c1[N+](=O)[O-]. The van der Waals surface area contributed by atoms with Crippen molar-refractivity contribution in [2.24, 2.45) is 17.7 Å². The number of nitrogen functional groups attached to an aromatic ring is 1. The highest BCUT2D eigenvalue weighted by Gasteiger charge is 2.27. The molecular formula is C13H24N6O2. The molecule has 0 saturated heterocycles. The van der Waals surface area contributed by atoms with Gasteiger partial charge in [0.2, 0.25) is 11.8 Å². The van der Waals surface area contributed by atoms with E-state index in [9.17, 15) is 10.1 Å². The molecule has 0 aliphatic heterocycles. The monoisotopic (exact) mass is 296 g/mol. The van der Waals surface area contributed by atoms with E-state index in [4.69, 9.17) is 5.84 Å². The largest absolute Gasteiger partial charge is 0.350 e. The van der Waals surface area contributed by atoms with Gasteiger partial charge in [-0.3, -0.25) is 15.5 Å². The third-order valence-corrected chi connectivity index (χ3v) is 2.82. The van der Waals surface area contributed by atoms with Crippen LogP contribution in [0.3, 0.4) is 0 Å². The third kappa shape index (κ3) is 4.52. The Hall–Kier alpha value is -1.96. The van der Waals surface area contributed by atoms with Crippen molar-refractivity contribution in [1.29, 1.82) is 0 Å². The molecule has 0 radical (unpaired) electrons. The number of nitro groups is 1. The molecule has 8 heteroatoms. The molecule has 0 aromatic carbocycles. The Kier molecular flexibility index (Phi) is 5.83. The topological polar surface area (TPSA) is 110 Å². The maximum absolute atomic E-state index is 11.4. The fraction of sp³-hybridized carbons (Fsp3) is 0.692. The van der Waals surface area contributed by atoms with Crippen LogP contribution in [0.2, 0.25) is 0 Å². The number of rotatable bonds is 7. The van der Waals surface area contributed by atoms with Gasteiger partial charge >= 0.3 is 5.69 Å². The highest BCUT2D eigenvalue weighted by atomic mass is 16.6. The summed E-state index contributed by atoms with van der Waals surface area (Å²) in [6, 6.07) is 0. The van der Waals surface area contributed by atoms with Crippen molar-refractivity contribution in [3.8, 4) is 0 Å². The minimum Gasteiger partial charge on any atom is -0.350 e. The van der Waals surface area contributed by atoms with Crippen LogP contribution in [0.25, 0.3) is 0 Å². The number of nitrogens with two attached hydrogens (primary N) is 1. The Morgan fingerprint density at radius 3 is 2.14 bits per heavy atom. The summed E-state index contributed by atoms with van der Waals surface area (Å²) in [5.74, 6) is 6.57. The Bertz CT molecular complexity index is 494. The summed E-state index contributed by atoms with van der Waals surface area (Å²) < 4.78 is 0. The van der Waals surface area contributed by atoms with Crippen LogP contribution >= 0.6 is 0 Å². The number of anilines is 2. The second-order valence-electron chi connectivity index (χ2n) is 5.90. The van der Waals surface area contributed by atoms with Crippen LogP contribution < -0.4 is 16.2 Å². The van der Waals surface area contributed by atoms with Crippen LogP contribution in [0.15, 0.2) is 0 Å². The van der Waals surface area contributed by atoms with Crippen molar-refractivity contribution >= 4 is 17.5 Å². The molecule has 1 rings (SSSR count). The second-order valence-corrected chi connectivity index (χ2v) is 5.90. The molecule has 8 nitrogen and oxygen atoms in total. The van der Waals surface area contributed by atoms with Crippen LogP contribution in [0, 0.1) is 28.9 Å². The molecule has 118 valence electrons. The molecule has 0 fully saturated rings. The first-order chi connectivity index (χ1) is 9.76. The third-order valence-electron chi connectivity index (χ3n) is 2.82. The molecule has 1 heterocycles. The Morgan fingerprint density at radius 2 is 1.76 bits per heavy atom. The molecule has 0 bridgehead atoms. The van der Waals surface area contributed by atoms with E-state index < -0.39 is 4.92 Å². The lowest BCUT2D eigenvalue weighted by Gasteiger charge is -2.27. The highest BCUT2D eigenvalue weighted by molar-refractivity contribution is 5.62. The van der Waals surface area contributed by atoms with Gasteiger partial charge in [0.05, 0.1) is 4.92 Å². The summed E-state index contributed by atoms with van der Waals surface area (Å²) in [6.07, 6.45) is 0. The van der Waals surface area contributed by atoms with Gasteiger partial charge in [-0.2, -0.15) is 4.98 Å². The smallest absolute Gasteiger partial charge is 0.332 e. The maximum atomic E-state index is 11.4. The van der Waals surface area contributed by atoms with Gasteiger partial charge < -0.3 is 4.90 Å². The van der Waals surface area contributed by atoms with Gasteiger partial charge in [0, 0.05) is 13.1 Å². The second kappa shape index (κ2) is 7.16. The van der Waals surface area contributed by atoms with Crippen molar-refractivity contribution < 1.29 is 4.92 Å². The molecule has 1 aromatic heterocycles. The molecule has 0 aliphatic rings. The molecule has 0 atom stereocenters. The summed E-state index contributed by atoms with van der Waals surface area (Å²) >= 11 is 0. The molecule has 0 unspecified atom stereocenters. The number of hydrazine groups is 1. The average Bonchev–Trinajstić information content (AvgIpc) is 2.35. The average molecular weight is 296 g/mol. The zero-order valence-corrected chi connectivity index (χ0v) is 13.3. The standard InChI is InChI=1S/C13H24N6O2/c1-8(2)6-18(7-9(3)4)12-11(19(20)21)10(5)15-13(16-12)17-14/h8-9H,6-7,14H2,1-5H3,(H,15,16,17). The van der Waals surface area contributed by atoms with Crippen LogP contribution in [-0.2, 0) is 0 Å². The van der Waals surface area contributed by atoms with E-state index in [2.05, 4.69) is 43.1 Å². The lowest BCUT2D eigenvalue weighted by atomic mass is 10.1. The highest BCUT2D eigenvalue weighted by Crippen LogP contribution is 2.30. The van der Waals surface area contributed by atoms with Gasteiger partial charge in [0.25, 0.3) is 0 Å². The summed E-state index contributed by atoms with van der Waals surface area (Å²) in [4.78, 5) is 21.1. The first kappa shape index (κ1) is 17.1. The number of hydrogen-bond donors (Lipinski definition) is 2. The molecule has 0 saturated carbocycles. The van der Waals surface area contributed by atoms with Crippen molar-refractivity contribution in [2.45, 2.75) is 34.6 Å². The van der Waals surface area contributed by atoms with E-state index in [0.29, 0.717) is 36.4 Å². The zero-order chi connectivity index (χ0) is 16.2. The van der Waals surface area contributed by atoms with Gasteiger partial charge in [-0.25, -0.2) is 10.8 Å². The van der Waals surface area contributed by atoms with E-state index in [0.717, 1.165) is 0 Å². The summed E-state index contributed by atoms with van der Waals surface area (Å²) in [6.45, 7) is 11.2. The van der Waals surface area contributed by atoms with Crippen LogP contribution in [-0.4, -0.2) is 28.0 Å². The Morgan fingerprint density at radius 1 is 1.24 bits per heavy atom. The van der Waals surface area contributed by atoms with Gasteiger partial charge in [-0.15, -0.1) is 0 Å². The van der Waals surface area contributed by atoms with Gasteiger partial charge in [-0.1, -0.05) is 27.7 Å². The quantitative estimate of drug-likeness (QED) is 0.450.